The zero-order chi connectivity index (χ0) is 12.1. The van der Waals surface area contributed by atoms with Crippen molar-refractivity contribution >= 4 is 5.97 Å². The molecule has 0 saturated heterocycles. The van der Waals surface area contributed by atoms with E-state index in [1.807, 2.05) is 30.3 Å². The molecule has 3 heteroatoms. The SMILES string of the molecule is C=C(C)C(=O)OC(C)C(N)c1ccccc1. The first-order valence-corrected chi connectivity index (χ1v) is 5.19. The van der Waals surface area contributed by atoms with Gasteiger partial charge in [-0.25, -0.2) is 4.79 Å². The van der Waals surface area contributed by atoms with Crippen LogP contribution in [0.25, 0.3) is 0 Å². The molecule has 16 heavy (non-hydrogen) atoms. The van der Waals surface area contributed by atoms with Gasteiger partial charge in [0.2, 0.25) is 0 Å². The van der Waals surface area contributed by atoms with Crippen molar-refractivity contribution in [3.05, 3.63) is 48.0 Å². The van der Waals surface area contributed by atoms with Gasteiger partial charge in [-0.15, -0.1) is 0 Å². The second kappa shape index (κ2) is 5.47. The van der Waals surface area contributed by atoms with Crippen LogP contribution in [-0.2, 0) is 9.53 Å². The predicted molar refractivity (Wildman–Crippen MR) is 63.7 cm³/mol. The third-order valence-corrected chi connectivity index (χ3v) is 2.33. The summed E-state index contributed by atoms with van der Waals surface area (Å²) in [6.07, 6.45) is -0.369. The van der Waals surface area contributed by atoms with E-state index < -0.39 is 5.97 Å². The number of benzene rings is 1. The summed E-state index contributed by atoms with van der Waals surface area (Å²) in [5.41, 5.74) is 7.31. The molecule has 1 aromatic carbocycles. The van der Waals surface area contributed by atoms with Gasteiger partial charge in [0.1, 0.15) is 6.10 Å². The fraction of sp³-hybridized carbons (Fsp3) is 0.308. The molecule has 0 aromatic heterocycles. The largest absolute Gasteiger partial charge is 0.457 e. The van der Waals surface area contributed by atoms with Crippen LogP contribution in [0.2, 0.25) is 0 Å². The molecule has 0 radical (unpaired) electrons. The van der Waals surface area contributed by atoms with Crippen LogP contribution in [0.3, 0.4) is 0 Å². The minimum absolute atomic E-state index is 0.315. The summed E-state index contributed by atoms with van der Waals surface area (Å²) in [4.78, 5) is 11.3. The highest BCUT2D eigenvalue weighted by molar-refractivity contribution is 5.87. The molecule has 0 heterocycles. The van der Waals surface area contributed by atoms with Crippen molar-refractivity contribution in [3.63, 3.8) is 0 Å². The molecule has 3 nitrogen and oxygen atoms in total. The number of carbonyl (C=O) groups excluding carboxylic acids is 1. The summed E-state index contributed by atoms with van der Waals surface area (Å²) in [6, 6.07) is 9.24. The lowest BCUT2D eigenvalue weighted by molar-refractivity contribution is -0.144. The van der Waals surface area contributed by atoms with E-state index in [2.05, 4.69) is 6.58 Å². The topological polar surface area (TPSA) is 52.3 Å². The molecule has 0 amide bonds. The van der Waals surface area contributed by atoms with Crippen LogP contribution >= 0.6 is 0 Å². The average Bonchev–Trinajstić information content (AvgIpc) is 2.28. The first-order valence-electron chi connectivity index (χ1n) is 5.19. The first-order chi connectivity index (χ1) is 7.52. The third-order valence-electron chi connectivity index (χ3n) is 2.33. The maximum absolute atomic E-state index is 11.3. The standard InChI is InChI=1S/C13H17NO2/c1-9(2)13(15)16-10(3)12(14)11-7-5-4-6-8-11/h4-8,10,12H,1,14H2,2-3H3. The van der Waals surface area contributed by atoms with Crippen LogP contribution in [0.5, 0.6) is 0 Å². The van der Waals surface area contributed by atoms with Crippen LogP contribution < -0.4 is 5.73 Å². The van der Waals surface area contributed by atoms with E-state index in [4.69, 9.17) is 10.5 Å². The highest BCUT2D eigenvalue weighted by atomic mass is 16.5. The molecule has 0 bridgehead atoms. The normalized spacial score (nSPS) is 13.9. The van der Waals surface area contributed by atoms with Crippen molar-refractivity contribution in [2.75, 3.05) is 0 Å². The Morgan fingerprint density at radius 1 is 1.38 bits per heavy atom. The summed E-state index contributed by atoms with van der Waals surface area (Å²) in [5, 5.41) is 0. The molecule has 0 spiro atoms. The number of esters is 1. The molecule has 2 atom stereocenters. The van der Waals surface area contributed by atoms with Gasteiger partial charge in [0, 0.05) is 5.57 Å². The molecule has 0 aliphatic heterocycles. The molecular formula is C13H17NO2. The Morgan fingerprint density at radius 3 is 2.44 bits per heavy atom. The van der Waals surface area contributed by atoms with Gasteiger partial charge >= 0.3 is 5.97 Å². The van der Waals surface area contributed by atoms with Crippen molar-refractivity contribution in [1.29, 1.82) is 0 Å². The molecule has 2 N–H and O–H groups in total. The van der Waals surface area contributed by atoms with E-state index in [-0.39, 0.29) is 12.1 Å². The molecule has 2 unspecified atom stereocenters. The lowest BCUT2D eigenvalue weighted by atomic mass is 10.0. The smallest absolute Gasteiger partial charge is 0.333 e. The van der Waals surface area contributed by atoms with Crippen molar-refractivity contribution in [2.45, 2.75) is 26.0 Å². The summed E-state index contributed by atoms with van der Waals surface area (Å²) in [5.74, 6) is -0.404. The Balaban J connectivity index is 2.65. The van der Waals surface area contributed by atoms with Gasteiger partial charge < -0.3 is 10.5 Å². The highest BCUT2D eigenvalue weighted by Gasteiger charge is 2.18. The van der Waals surface area contributed by atoms with Crippen LogP contribution in [-0.4, -0.2) is 12.1 Å². The maximum atomic E-state index is 11.3. The fourth-order valence-electron chi connectivity index (χ4n) is 1.29. The van der Waals surface area contributed by atoms with Gasteiger partial charge in [0.05, 0.1) is 6.04 Å². The van der Waals surface area contributed by atoms with Crippen molar-refractivity contribution in [1.82, 2.24) is 0 Å². The molecule has 0 aliphatic carbocycles. The Hall–Kier alpha value is -1.61. The molecule has 0 fully saturated rings. The van der Waals surface area contributed by atoms with E-state index in [0.29, 0.717) is 5.57 Å². The van der Waals surface area contributed by atoms with Crippen LogP contribution in [0.4, 0.5) is 0 Å². The zero-order valence-electron chi connectivity index (χ0n) is 9.64. The van der Waals surface area contributed by atoms with E-state index >= 15 is 0 Å². The summed E-state index contributed by atoms with van der Waals surface area (Å²) in [7, 11) is 0. The summed E-state index contributed by atoms with van der Waals surface area (Å²) in [6.45, 7) is 6.92. The minimum Gasteiger partial charge on any atom is -0.457 e. The quantitative estimate of drug-likeness (QED) is 0.624. The van der Waals surface area contributed by atoms with Gasteiger partial charge in [-0.05, 0) is 19.4 Å². The van der Waals surface area contributed by atoms with Crippen molar-refractivity contribution in [2.24, 2.45) is 5.73 Å². The molecule has 0 aliphatic rings. The third kappa shape index (κ3) is 3.21. The first kappa shape index (κ1) is 12.5. The molecule has 1 aromatic rings. The Bertz CT molecular complexity index is 373. The van der Waals surface area contributed by atoms with E-state index in [9.17, 15) is 4.79 Å². The maximum Gasteiger partial charge on any atom is 0.333 e. The second-order valence-corrected chi connectivity index (χ2v) is 3.83. The fourth-order valence-corrected chi connectivity index (χ4v) is 1.29. The van der Waals surface area contributed by atoms with E-state index in [0.717, 1.165) is 5.56 Å². The van der Waals surface area contributed by atoms with Gasteiger partial charge in [-0.1, -0.05) is 36.9 Å². The lowest BCUT2D eigenvalue weighted by Gasteiger charge is -2.20. The number of rotatable bonds is 4. The predicted octanol–water partition coefficient (Wildman–Crippen LogP) is 2.19. The lowest BCUT2D eigenvalue weighted by Crippen LogP contribution is -2.28. The van der Waals surface area contributed by atoms with Crippen molar-refractivity contribution in [3.8, 4) is 0 Å². The van der Waals surface area contributed by atoms with E-state index in [1.165, 1.54) is 0 Å². The Morgan fingerprint density at radius 2 is 1.94 bits per heavy atom. The molecule has 1 rings (SSSR count). The van der Waals surface area contributed by atoms with Gasteiger partial charge in [-0.2, -0.15) is 0 Å². The summed E-state index contributed by atoms with van der Waals surface area (Å²) >= 11 is 0. The van der Waals surface area contributed by atoms with Gasteiger partial charge in [-0.3, -0.25) is 0 Å². The zero-order valence-corrected chi connectivity index (χ0v) is 9.64. The second-order valence-electron chi connectivity index (χ2n) is 3.83. The molecule has 0 saturated carbocycles. The molecular weight excluding hydrogens is 202 g/mol. The van der Waals surface area contributed by atoms with E-state index in [1.54, 1.807) is 13.8 Å². The van der Waals surface area contributed by atoms with Crippen LogP contribution in [0.1, 0.15) is 25.5 Å². The highest BCUT2D eigenvalue weighted by Crippen LogP contribution is 2.16. The number of ether oxygens (including phenoxy) is 1. The van der Waals surface area contributed by atoms with Crippen molar-refractivity contribution < 1.29 is 9.53 Å². The van der Waals surface area contributed by atoms with Gasteiger partial charge in [0.25, 0.3) is 0 Å². The number of hydrogen-bond donors (Lipinski definition) is 1. The minimum atomic E-state index is -0.404. The number of carbonyl (C=O) groups is 1. The summed E-state index contributed by atoms with van der Waals surface area (Å²) < 4.78 is 5.16. The Kier molecular flexibility index (Phi) is 4.26. The Labute approximate surface area is 95.9 Å². The molecule has 86 valence electrons. The van der Waals surface area contributed by atoms with Crippen LogP contribution in [0, 0.1) is 0 Å². The van der Waals surface area contributed by atoms with Crippen LogP contribution in [0.15, 0.2) is 42.5 Å². The average molecular weight is 219 g/mol. The van der Waals surface area contributed by atoms with Gasteiger partial charge in [0.15, 0.2) is 0 Å². The number of nitrogens with two attached hydrogens (primary N) is 1. The monoisotopic (exact) mass is 219 g/mol. The number of hydrogen-bond acceptors (Lipinski definition) is 3.